The van der Waals surface area contributed by atoms with Gasteiger partial charge in [0.05, 0.1) is 7.11 Å². The van der Waals surface area contributed by atoms with Crippen LogP contribution in [0.5, 0.6) is 0 Å². The van der Waals surface area contributed by atoms with Crippen LogP contribution in [-0.2, 0) is 26.3 Å². The van der Waals surface area contributed by atoms with Crippen LogP contribution in [0.1, 0.15) is 0 Å². The Morgan fingerprint density at radius 3 is 2.76 bits per heavy atom. The van der Waals surface area contributed by atoms with Crippen molar-refractivity contribution in [3.8, 4) is 0 Å². The van der Waals surface area contributed by atoms with Crippen molar-refractivity contribution in [2.75, 3.05) is 7.11 Å². The Morgan fingerprint density at radius 2 is 2.24 bits per heavy atom. The largest absolute Gasteiger partial charge is 0.493 e. The molecule has 0 bridgehead atoms. The fourth-order valence-electron chi connectivity index (χ4n) is 0.992. The molecule has 6 N–H and O–H groups in total. The number of thiocarbonyl (C=S) groups is 1. The Labute approximate surface area is 114 Å². The van der Waals surface area contributed by atoms with Crippen molar-refractivity contribution < 1.29 is 31.8 Å². The molecule has 0 amide bonds. The molecule has 0 fully saturated rings. The molecule has 8 heteroatoms. The molecule has 0 aromatic carbocycles. The number of rotatable bonds is 3. The minimum absolute atomic E-state index is 0. The average Bonchev–Trinajstić information content (AvgIpc) is 2.20. The van der Waals surface area contributed by atoms with Crippen molar-refractivity contribution in [1.82, 2.24) is 10.9 Å². The Hall–Kier alpha value is -1.35. The van der Waals surface area contributed by atoms with Crippen LogP contribution in [0.15, 0.2) is 35.8 Å². The molecule has 0 atom stereocenters. The Morgan fingerprint density at radius 1 is 1.59 bits per heavy atom. The first kappa shape index (κ1) is 18.0. The fraction of sp³-hybridized carbons (Fsp3) is 0.111. The number of allylic oxidation sites excluding steroid dienone is 4. The molecule has 0 heterocycles. The number of carbonyl (C=O) groups is 1. The number of nitrogens with one attached hydrogen (secondary N) is 2. The van der Waals surface area contributed by atoms with Crippen LogP contribution in [0.25, 0.3) is 0 Å². The Balaban J connectivity index is 0. The van der Waals surface area contributed by atoms with Gasteiger partial charge in [0.2, 0.25) is 5.78 Å². The minimum atomic E-state index is -0.197. The summed E-state index contributed by atoms with van der Waals surface area (Å²) < 4.78 is 4.88. The number of nitrogens with two attached hydrogens (primary N) is 1. The van der Waals surface area contributed by atoms with Crippen LogP contribution in [-0.4, -0.2) is 23.5 Å². The van der Waals surface area contributed by atoms with Crippen LogP contribution < -0.4 is 16.6 Å². The molecule has 0 saturated carbocycles. The Kier molecular flexibility index (Phi) is 9.29. The first-order valence-corrected chi connectivity index (χ1v) is 4.54. The normalized spacial score (nSPS) is 15.2. The number of hydrazine groups is 1. The first-order valence-electron chi connectivity index (χ1n) is 4.13. The van der Waals surface area contributed by atoms with E-state index in [4.69, 9.17) is 10.5 Å². The summed E-state index contributed by atoms with van der Waals surface area (Å²) in [6.45, 7) is 0. The topological polar surface area (TPSA) is 108 Å². The Bertz CT molecular complexity index is 380. The summed E-state index contributed by atoms with van der Waals surface area (Å²) in [6, 6.07) is 0. The second-order valence-electron chi connectivity index (χ2n) is 2.66. The van der Waals surface area contributed by atoms with Crippen molar-refractivity contribution in [3.63, 3.8) is 0 Å². The van der Waals surface area contributed by atoms with E-state index < -0.39 is 0 Å². The summed E-state index contributed by atoms with van der Waals surface area (Å²) in [4.78, 5) is 11.6. The maximum absolute atomic E-state index is 11.6. The molecule has 1 aliphatic rings. The van der Waals surface area contributed by atoms with Gasteiger partial charge in [-0.05, 0) is 24.4 Å². The second kappa shape index (κ2) is 8.76. The standard InChI is InChI=1S/C9H11N3O2S.Co.H2O/c1-14-7-4-2-3-6(8(7)13)5-11-12-9(10)15;;/h2-5,11H,1H3,(H3,10,12,15);;1H2/b6-5-;;. The van der Waals surface area contributed by atoms with Crippen LogP contribution in [0.4, 0.5) is 0 Å². The van der Waals surface area contributed by atoms with E-state index >= 15 is 0 Å². The molecule has 6 nitrogen and oxygen atoms in total. The van der Waals surface area contributed by atoms with Crippen molar-refractivity contribution in [1.29, 1.82) is 0 Å². The number of hydrogen-bond acceptors (Lipinski definition) is 4. The monoisotopic (exact) mass is 302 g/mol. The van der Waals surface area contributed by atoms with E-state index in [0.717, 1.165) is 0 Å². The van der Waals surface area contributed by atoms with E-state index in [1.54, 1.807) is 18.2 Å². The SMILES string of the molecule is COC1=CC=C/C(=C/NNC(N)=S)C1=O.O.[Co]. The van der Waals surface area contributed by atoms with E-state index in [1.165, 1.54) is 13.3 Å². The van der Waals surface area contributed by atoms with Gasteiger partial charge in [-0.15, -0.1) is 0 Å². The number of Topliss-reactive ketones (excluding diaryl/α,β-unsaturated/α-hetero) is 1. The number of ketones is 1. The quantitative estimate of drug-likeness (QED) is 0.352. The van der Waals surface area contributed by atoms with Crippen LogP contribution in [0.3, 0.4) is 0 Å². The predicted octanol–water partition coefficient (Wildman–Crippen LogP) is -0.950. The number of ether oxygens (including phenoxy) is 1. The molecule has 17 heavy (non-hydrogen) atoms. The fourth-order valence-corrected chi connectivity index (χ4v) is 1.05. The summed E-state index contributed by atoms with van der Waals surface area (Å²) in [5, 5.41) is 0.0987. The van der Waals surface area contributed by atoms with E-state index in [9.17, 15) is 4.79 Å². The molecular formula is C9H13CoN3O3S. The van der Waals surface area contributed by atoms with E-state index in [0.29, 0.717) is 11.3 Å². The molecule has 0 spiro atoms. The molecular weight excluding hydrogens is 289 g/mol. The number of methoxy groups -OCH3 is 1. The third-order valence-corrected chi connectivity index (χ3v) is 1.75. The summed E-state index contributed by atoms with van der Waals surface area (Å²) in [5.74, 6) is 0.0955. The second-order valence-corrected chi connectivity index (χ2v) is 3.10. The summed E-state index contributed by atoms with van der Waals surface area (Å²) in [5.41, 5.74) is 10.7. The number of carbonyl (C=O) groups excluding carboxylic acids is 1. The number of hydrogen-bond donors (Lipinski definition) is 3. The molecule has 97 valence electrons. The van der Waals surface area contributed by atoms with Gasteiger partial charge in [-0.1, -0.05) is 6.08 Å². The van der Waals surface area contributed by atoms with Crippen LogP contribution >= 0.6 is 12.2 Å². The third kappa shape index (κ3) is 5.50. The van der Waals surface area contributed by atoms with Gasteiger partial charge in [-0.3, -0.25) is 10.2 Å². The molecule has 0 saturated heterocycles. The molecule has 0 aromatic rings. The molecule has 0 unspecified atom stereocenters. The van der Waals surface area contributed by atoms with Gasteiger partial charge in [-0.2, -0.15) is 0 Å². The van der Waals surface area contributed by atoms with Crippen molar-refractivity contribution in [2.24, 2.45) is 5.73 Å². The van der Waals surface area contributed by atoms with Gasteiger partial charge in [0.15, 0.2) is 10.9 Å². The van der Waals surface area contributed by atoms with Gasteiger partial charge in [0.25, 0.3) is 0 Å². The molecule has 1 aliphatic carbocycles. The van der Waals surface area contributed by atoms with Crippen LogP contribution in [0, 0.1) is 0 Å². The van der Waals surface area contributed by atoms with Crippen molar-refractivity contribution in [2.45, 2.75) is 0 Å². The first-order chi connectivity index (χ1) is 7.15. The van der Waals surface area contributed by atoms with E-state index in [1.807, 2.05) is 0 Å². The smallest absolute Gasteiger partial charge is 0.229 e. The summed E-state index contributed by atoms with van der Waals surface area (Å²) in [6.07, 6.45) is 6.43. The third-order valence-electron chi connectivity index (χ3n) is 1.65. The van der Waals surface area contributed by atoms with Gasteiger partial charge < -0.3 is 21.4 Å². The zero-order valence-corrected chi connectivity index (χ0v) is 10.8. The van der Waals surface area contributed by atoms with Crippen LogP contribution in [0.2, 0.25) is 0 Å². The van der Waals surface area contributed by atoms with Crippen molar-refractivity contribution in [3.05, 3.63) is 35.8 Å². The van der Waals surface area contributed by atoms with Crippen molar-refractivity contribution >= 4 is 23.1 Å². The van der Waals surface area contributed by atoms with Gasteiger partial charge >= 0.3 is 0 Å². The van der Waals surface area contributed by atoms with E-state index in [-0.39, 0.29) is 33.2 Å². The van der Waals surface area contributed by atoms with E-state index in [2.05, 4.69) is 23.1 Å². The minimum Gasteiger partial charge on any atom is -0.493 e. The average molecular weight is 302 g/mol. The van der Waals surface area contributed by atoms with Gasteiger partial charge in [-0.25, -0.2) is 0 Å². The molecule has 1 rings (SSSR count). The zero-order chi connectivity index (χ0) is 11.3. The van der Waals surface area contributed by atoms with Gasteiger partial charge in [0, 0.05) is 28.6 Å². The zero-order valence-electron chi connectivity index (χ0n) is 8.94. The molecule has 0 aliphatic heterocycles. The van der Waals surface area contributed by atoms with Gasteiger partial charge in [0.1, 0.15) is 0 Å². The predicted molar refractivity (Wildman–Crippen MR) is 64.0 cm³/mol. The molecule has 0 aromatic heterocycles. The summed E-state index contributed by atoms with van der Waals surface area (Å²) in [7, 11) is 1.45. The summed E-state index contributed by atoms with van der Waals surface area (Å²) >= 11 is 4.57. The maximum Gasteiger partial charge on any atom is 0.229 e. The maximum atomic E-state index is 11.6. The molecule has 1 radical (unpaired) electrons.